The van der Waals surface area contributed by atoms with Gasteiger partial charge in [0.05, 0.1) is 23.7 Å². The van der Waals surface area contributed by atoms with Gasteiger partial charge in [-0.2, -0.15) is 5.10 Å². The number of carbonyl (C=O) groups excluding carboxylic acids is 1. The van der Waals surface area contributed by atoms with Crippen molar-refractivity contribution in [2.24, 2.45) is 0 Å². The summed E-state index contributed by atoms with van der Waals surface area (Å²) in [5.41, 5.74) is 2.77. The van der Waals surface area contributed by atoms with Crippen LogP contribution in [0.15, 0.2) is 60.6 Å². The molecule has 0 unspecified atom stereocenters. The number of amides is 1. The van der Waals surface area contributed by atoms with Gasteiger partial charge in [0.2, 0.25) is 5.91 Å². The summed E-state index contributed by atoms with van der Waals surface area (Å²) >= 11 is 0. The lowest BCUT2D eigenvalue weighted by Gasteiger charge is -2.09. The maximum absolute atomic E-state index is 14.3. The summed E-state index contributed by atoms with van der Waals surface area (Å²) in [5, 5.41) is 17.4. The molecule has 4 rings (SSSR count). The van der Waals surface area contributed by atoms with Crippen molar-refractivity contribution in [3.63, 3.8) is 0 Å². The second kappa shape index (κ2) is 7.94. The van der Waals surface area contributed by atoms with Crippen molar-refractivity contribution in [2.45, 2.75) is 13.8 Å². The van der Waals surface area contributed by atoms with E-state index >= 15 is 0 Å². The lowest BCUT2D eigenvalue weighted by Crippen LogP contribution is -2.30. The standard InChI is InChI=1S/C22H18F2N6O/c1-12(2)8-19(31)28-22(25)17-10-26-18-7-6-13(11-30(17)18)14-9-27-29-21(14)20-15(23)4-3-5-16(20)24/h3-11H,1-2H3,(H,27,29)(H2,25,28,31). The average molecular weight is 420 g/mol. The number of fused-ring (bicyclic) bond motifs is 1. The van der Waals surface area contributed by atoms with E-state index in [0.29, 0.717) is 22.5 Å². The number of hydrogen-bond acceptors (Lipinski definition) is 4. The van der Waals surface area contributed by atoms with Crippen LogP contribution in [0.5, 0.6) is 0 Å². The number of nitrogens with one attached hydrogen (secondary N) is 3. The molecule has 0 aliphatic rings. The third-order valence-electron chi connectivity index (χ3n) is 4.59. The molecule has 0 aliphatic heterocycles. The van der Waals surface area contributed by atoms with Crippen LogP contribution in [-0.4, -0.2) is 31.3 Å². The highest BCUT2D eigenvalue weighted by Gasteiger charge is 2.19. The number of pyridine rings is 1. The molecule has 0 fully saturated rings. The van der Waals surface area contributed by atoms with Gasteiger partial charge >= 0.3 is 0 Å². The number of rotatable bonds is 4. The molecule has 3 aromatic heterocycles. The number of nitrogens with zero attached hydrogens (tertiary/aromatic N) is 3. The van der Waals surface area contributed by atoms with Gasteiger partial charge in [0.15, 0.2) is 5.84 Å². The molecule has 0 radical (unpaired) electrons. The summed E-state index contributed by atoms with van der Waals surface area (Å²) in [4.78, 5) is 16.2. The molecule has 156 valence electrons. The van der Waals surface area contributed by atoms with Crippen LogP contribution in [-0.2, 0) is 4.79 Å². The lowest BCUT2D eigenvalue weighted by molar-refractivity contribution is -0.115. The van der Waals surface area contributed by atoms with Crippen LogP contribution in [0.1, 0.15) is 19.5 Å². The SMILES string of the molecule is CC(C)=CC(=O)NC(=N)c1cnc2ccc(-c3cn[nH]c3-c3c(F)cccc3F)cn12. The molecule has 3 N–H and O–H groups in total. The molecule has 1 amide bonds. The maximum Gasteiger partial charge on any atom is 0.249 e. The first-order valence-electron chi connectivity index (χ1n) is 9.35. The van der Waals surface area contributed by atoms with Crippen molar-refractivity contribution in [1.82, 2.24) is 24.9 Å². The Labute approximate surface area is 176 Å². The summed E-state index contributed by atoms with van der Waals surface area (Å²) in [5.74, 6) is -1.96. The monoisotopic (exact) mass is 420 g/mol. The van der Waals surface area contributed by atoms with Crippen molar-refractivity contribution in [3.05, 3.63) is 77.9 Å². The number of halogens is 2. The van der Waals surface area contributed by atoms with E-state index in [9.17, 15) is 13.6 Å². The van der Waals surface area contributed by atoms with Crippen molar-refractivity contribution in [1.29, 1.82) is 5.41 Å². The normalized spacial score (nSPS) is 10.8. The highest BCUT2D eigenvalue weighted by Crippen LogP contribution is 2.33. The largest absolute Gasteiger partial charge is 0.306 e. The van der Waals surface area contributed by atoms with E-state index in [-0.39, 0.29) is 17.1 Å². The number of amidine groups is 1. The maximum atomic E-state index is 14.3. The van der Waals surface area contributed by atoms with E-state index in [1.165, 1.54) is 36.7 Å². The van der Waals surface area contributed by atoms with Crippen LogP contribution >= 0.6 is 0 Å². The van der Waals surface area contributed by atoms with Gasteiger partial charge in [0, 0.05) is 23.4 Å². The van der Waals surface area contributed by atoms with Gasteiger partial charge in [-0.25, -0.2) is 13.8 Å². The van der Waals surface area contributed by atoms with E-state index in [0.717, 1.165) is 5.57 Å². The zero-order chi connectivity index (χ0) is 22.1. The molecule has 4 aromatic rings. The van der Waals surface area contributed by atoms with E-state index in [2.05, 4.69) is 20.5 Å². The van der Waals surface area contributed by atoms with Crippen LogP contribution < -0.4 is 5.32 Å². The predicted octanol–water partition coefficient (Wildman–Crippen LogP) is 4.08. The number of benzene rings is 1. The van der Waals surface area contributed by atoms with Crippen molar-refractivity contribution in [3.8, 4) is 22.4 Å². The van der Waals surface area contributed by atoms with Crippen LogP contribution in [0.3, 0.4) is 0 Å². The minimum atomic E-state index is -0.710. The van der Waals surface area contributed by atoms with E-state index in [4.69, 9.17) is 5.41 Å². The number of carbonyl (C=O) groups is 1. The highest BCUT2D eigenvalue weighted by atomic mass is 19.1. The van der Waals surface area contributed by atoms with Gasteiger partial charge in [-0.15, -0.1) is 0 Å². The minimum Gasteiger partial charge on any atom is -0.306 e. The molecule has 1 aromatic carbocycles. The summed E-state index contributed by atoms with van der Waals surface area (Å²) in [6.07, 6.45) is 6.01. The third-order valence-corrected chi connectivity index (χ3v) is 4.59. The van der Waals surface area contributed by atoms with Crippen LogP contribution in [0.2, 0.25) is 0 Å². The zero-order valence-corrected chi connectivity index (χ0v) is 16.7. The first kappa shape index (κ1) is 20.1. The van der Waals surface area contributed by atoms with Crippen molar-refractivity contribution >= 4 is 17.4 Å². The van der Waals surface area contributed by atoms with Gasteiger partial charge in [-0.1, -0.05) is 11.6 Å². The smallest absolute Gasteiger partial charge is 0.249 e. The van der Waals surface area contributed by atoms with Crippen molar-refractivity contribution < 1.29 is 13.6 Å². The molecule has 0 atom stereocenters. The molecule has 0 bridgehead atoms. The quantitative estimate of drug-likeness (QED) is 0.264. The Hall–Kier alpha value is -4.14. The summed E-state index contributed by atoms with van der Waals surface area (Å²) in [7, 11) is 0. The number of H-pyrrole nitrogens is 1. The fraction of sp³-hybridized carbons (Fsp3) is 0.0909. The minimum absolute atomic E-state index is 0.125. The Morgan fingerprint density at radius 2 is 1.90 bits per heavy atom. The summed E-state index contributed by atoms with van der Waals surface area (Å²) in [6.45, 7) is 3.56. The van der Waals surface area contributed by atoms with Gasteiger partial charge in [-0.3, -0.25) is 19.7 Å². The number of allylic oxidation sites excluding steroid dienone is 1. The molecule has 3 heterocycles. The molecule has 0 saturated heterocycles. The Balaban J connectivity index is 1.76. The fourth-order valence-corrected chi connectivity index (χ4v) is 3.24. The van der Waals surface area contributed by atoms with E-state index < -0.39 is 17.5 Å². The fourth-order valence-electron chi connectivity index (χ4n) is 3.24. The highest BCUT2D eigenvalue weighted by molar-refractivity contribution is 6.08. The summed E-state index contributed by atoms with van der Waals surface area (Å²) < 4.78 is 30.3. The summed E-state index contributed by atoms with van der Waals surface area (Å²) in [6, 6.07) is 7.10. The van der Waals surface area contributed by atoms with E-state index in [1.807, 2.05) is 0 Å². The van der Waals surface area contributed by atoms with Gasteiger partial charge in [0.25, 0.3) is 0 Å². The first-order chi connectivity index (χ1) is 14.8. The van der Waals surface area contributed by atoms with Gasteiger partial charge < -0.3 is 5.32 Å². The number of hydrogen-bond donors (Lipinski definition) is 3. The molecule has 0 spiro atoms. The van der Waals surface area contributed by atoms with Gasteiger partial charge in [-0.05, 0) is 38.1 Å². The predicted molar refractivity (Wildman–Crippen MR) is 113 cm³/mol. The Bertz CT molecular complexity index is 1330. The van der Waals surface area contributed by atoms with Crippen LogP contribution in [0.4, 0.5) is 8.78 Å². The molecular weight excluding hydrogens is 402 g/mol. The van der Waals surface area contributed by atoms with Crippen LogP contribution in [0.25, 0.3) is 28.0 Å². The molecule has 0 aliphatic carbocycles. The Morgan fingerprint density at radius 3 is 2.61 bits per heavy atom. The average Bonchev–Trinajstić information content (AvgIpc) is 3.33. The van der Waals surface area contributed by atoms with Crippen molar-refractivity contribution in [2.75, 3.05) is 0 Å². The second-order valence-electron chi connectivity index (χ2n) is 7.13. The van der Waals surface area contributed by atoms with E-state index in [1.54, 1.807) is 36.6 Å². The molecule has 31 heavy (non-hydrogen) atoms. The lowest BCUT2D eigenvalue weighted by atomic mass is 10.0. The van der Waals surface area contributed by atoms with Gasteiger partial charge in [0.1, 0.15) is 23.0 Å². The van der Waals surface area contributed by atoms with Crippen LogP contribution in [0, 0.1) is 17.0 Å². The molecule has 9 heteroatoms. The topological polar surface area (TPSA) is 98.9 Å². The number of aromatic amines is 1. The molecule has 0 saturated carbocycles. The Kier molecular flexibility index (Phi) is 5.16. The second-order valence-corrected chi connectivity index (χ2v) is 7.13. The molecular formula is C22H18F2N6O. The first-order valence-corrected chi connectivity index (χ1v) is 9.35. The Morgan fingerprint density at radius 1 is 1.16 bits per heavy atom. The zero-order valence-electron chi connectivity index (χ0n) is 16.7. The molecule has 7 nitrogen and oxygen atoms in total. The third kappa shape index (κ3) is 3.85. The number of aromatic nitrogens is 4. The number of imidazole rings is 1.